The summed E-state index contributed by atoms with van der Waals surface area (Å²) in [6.07, 6.45) is 33.7. The van der Waals surface area contributed by atoms with Crippen LogP contribution in [0.25, 0.3) is 0 Å². The summed E-state index contributed by atoms with van der Waals surface area (Å²) in [5.41, 5.74) is 5.29. The molecule has 0 saturated carbocycles. The summed E-state index contributed by atoms with van der Waals surface area (Å²) in [6.45, 7) is 9.36. The van der Waals surface area contributed by atoms with Crippen molar-refractivity contribution in [3.8, 4) is 0 Å². The fourth-order valence-electron chi connectivity index (χ4n) is 5.60. The Balaban J connectivity index is 2.70. The molecule has 0 aliphatic heterocycles. The van der Waals surface area contributed by atoms with E-state index in [1.54, 1.807) is 22.0 Å². The fourth-order valence-corrected chi connectivity index (χ4v) is 6.42. The van der Waals surface area contributed by atoms with Crippen molar-refractivity contribution in [2.75, 3.05) is 6.66 Å². The average molecular weight is 503 g/mol. The van der Waals surface area contributed by atoms with Gasteiger partial charge in [-0.1, -0.05) is 157 Å². The SMILES string of the molecule is CCCCCCCCCc1ccc(PC)c(CCCCCCCCC)c1CCCCCCCCC. The van der Waals surface area contributed by atoms with Crippen LogP contribution in [-0.2, 0) is 19.3 Å². The van der Waals surface area contributed by atoms with E-state index in [4.69, 9.17) is 0 Å². The van der Waals surface area contributed by atoms with Crippen LogP contribution in [0.3, 0.4) is 0 Å². The van der Waals surface area contributed by atoms with Gasteiger partial charge in [-0.15, -0.1) is 0 Å². The predicted octanol–water partition coefficient (Wildman–Crippen LogP) is 11.5. The van der Waals surface area contributed by atoms with Gasteiger partial charge in [0.2, 0.25) is 0 Å². The number of rotatable bonds is 25. The lowest BCUT2D eigenvalue weighted by atomic mass is 9.90. The van der Waals surface area contributed by atoms with Crippen molar-refractivity contribution in [2.24, 2.45) is 0 Å². The maximum atomic E-state index is 2.54. The van der Waals surface area contributed by atoms with Crippen LogP contribution in [0.1, 0.15) is 172 Å². The molecule has 0 saturated heterocycles. The second-order valence-corrected chi connectivity index (χ2v) is 12.1. The number of hydrogen-bond donors (Lipinski definition) is 0. The third kappa shape index (κ3) is 16.2. The van der Waals surface area contributed by atoms with Crippen LogP contribution in [0.5, 0.6) is 0 Å². The van der Waals surface area contributed by atoms with Gasteiger partial charge in [-0.05, 0) is 67.2 Å². The molecule has 1 atom stereocenters. The van der Waals surface area contributed by atoms with Crippen molar-refractivity contribution < 1.29 is 0 Å². The molecule has 0 amide bonds. The average Bonchev–Trinajstić information content (AvgIpc) is 2.87. The van der Waals surface area contributed by atoms with Crippen molar-refractivity contribution in [3.63, 3.8) is 0 Å². The molecule has 1 aromatic rings. The van der Waals surface area contributed by atoms with Crippen LogP contribution >= 0.6 is 8.58 Å². The Hall–Kier alpha value is -0.350. The Morgan fingerprint density at radius 1 is 0.429 bits per heavy atom. The van der Waals surface area contributed by atoms with Gasteiger partial charge in [0.1, 0.15) is 0 Å². The third-order valence-corrected chi connectivity index (χ3v) is 8.91. The third-order valence-electron chi connectivity index (χ3n) is 7.91. The monoisotopic (exact) mass is 502 g/mol. The highest BCUT2D eigenvalue weighted by Gasteiger charge is 2.13. The molecule has 0 heterocycles. The Kier molecular flexibility index (Phi) is 22.4. The second-order valence-electron chi connectivity index (χ2n) is 11.1. The van der Waals surface area contributed by atoms with Crippen LogP contribution in [-0.4, -0.2) is 6.66 Å². The van der Waals surface area contributed by atoms with Crippen LogP contribution in [0.4, 0.5) is 0 Å². The summed E-state index contributed by atoms with van der Waals surface area (Å²) in [4.78, 5) is 0. The van der Waals surface area contributed by atoms with Crippen LogP contribution in [0.2, 0.25) is 0 Å². The molecule has 0 aliphatic carbocycles. The van der Waals surface area contributed by atoms with Crippen LogP contribution < -0.4 is 5.30 Å². The molecular weight excluding hydrogens is 439 g/mol. The van der Waals surface area contributed by atoms with Crippen molar-refractivity contribution in [3.05, 3.63) is 28.8 Å². The summed E-state index contributed by atoms with van der Waals surface area (Å²) >= 11 is 0. The van der Waals surface area contributed by atoms with Gasteiger partial charge >= 0.3 is 0 Å². The number of hydrogen-bond acceptors (Lipinski definition) is 0. The van der Waals surface area contributed by atoms with Gasteiger partial charge in [0.25, 0.3) is 0 Å². The molecule has 0 radical (unpaired) electrons. The quantitative estimate of drug-likeness (QED) is 0.0921. The minimum Gasteiger partial charge on any atom is -0.0933 e. The van der Waals surface area contributed by atoms with Crippen molar-refractivity contribution in [1.29, 1.82) is 0 Å². The number of benzene rings is 1. The van der Waals surface area contributed by atoms with Crippen molar-refractivity contribution in [1.82, 2.24) is 0 Å². The maximum Gasteiger partial charge on any atom is -0.0239 e. The minimum atomic E-state index is 0.941. The summed E-state index contributed by atoms with van der Waals surface area (Å²) in [5.74, 6) is 0. The molecule has 1 unspecified atom stereocenters. The van der Waals surface area contributed by atoms with Gasteiger partial charge in [0.05, 0.1) is 0 Å². The van der Waals surface area contributed by atoms with E-state index in [1.807, 2.05) is 0 Å². The lowest BCUT2D eigenvalue weighted by molar-refractivity contribution is 0.579. The molecule has 1 heteroatoms. The molecule has 0 N–H and O–H groups in total. The first-order chi connectivity index (χ1) is 17.3. The lowest BCUT2D eigenvalue weighted by Gasteiger charge is -2.19. The van der Waals surface area contributed by atoms with Gasteiger partial charge in [-0.3, -0.25) is 0 Å². The Labute approximate surface area is 224 Å². The maximum absolute atomic E-state index is 2.54. The van der Waals surface area contributed by atoms with E-state index in [-0.39, 0.29) is 0 Å². The summed E-state index contributed by atoms with van der Waals surface area (Å²) in [5, 5.41) is 1.68. The highest BCUT2D eigenvalue weighted by molar-refractivity contribution is 7.46. The zero-order valence-electron chi connectivity index (χ0n) is 24.6. The van der Waals surface area contributed by atoms with Crippen LogP contribution in [0.15, 0.2) is 12.1 Å². The molecule has 0 fully saturated rings. The van der Waals surface area contributed by atoms with E-state index in [1.165, 1.54) is 154 Å². The topological polar surface area (TPSA) is 0 Å². The van der Waals surface area contributed by atoms with Crippen molar-refractivity contribution >= 4 is 13.9 Å². The highest BCUT2D eigenvalue weighted by atomic mass is 31.1. The largest absolute Gasteiger partial charge is 0.0933 e. The van der Waals surface area contributed by atoms with E-state index in [9.17, 15) is 0 Å². The normalized spacial score (nSPS) is 11.8. The smallest absolute Gasteiger partial charge is 0.0239 e. The highest BCUT2D eigenvalue weighted by Crippen LogP contribution is 2.25. The standard InChI is InChI=1S/C34H63P/c1-5-8-11-14-17-20-23-26-31-29-30-34(35-4)33(28-25-22-19-16-13-10-7-3)32(31)27-24-21-18-15-12-9-6-2/h29-30,35H,5-28H2,1-4H3. The van der Waals surface area contributed by atoms with E-state index in [0.29, 0.717) is 0 Å². The molecule has 1 rings (SSSR count). The van der Waals surface area contributed by atoms with Crippen LogP contribution in [0, 0.1) is 0 Å². The zero-order chi connectivity index (χ0) is 25.4. The molecule has 0 spiro atoms. The van der Waals surface area contributed by atoms with Gasteiger partial charge < -0.3 is 0 Å². The summed E-state index contributed by atoms with van der Waals surface area (Å²) in [7, 11) is 0.941. The summed E-state index contributed by atoms with van der Waals surface area (Å²) < 4.78 is 0. The first kappa shape index (κ1) is 32.7. The van der Waals surface area contributed by atoms with E-state index in [0.717, 1.165) is 8.58 Å². The van der Waals surface area contributed by atoms with Gasteiger partial charge in [0.15, 0.2) is 0 Å². The van der Waals surface area contributed by atoms with Crippen molar-refractivity contribution in [2.45, 2.75) is 175 Å². The van der Waals surface area contributed by atoms with Gasteiger partial charge in [0, 0.05) is 0 Å². The molecule has 0 aromatic heterocycles. The molecule has 0 bridgehead atoms. The Bertz CT molecular complexity index is 590. The molecule has 1 aromatic carbocycles. The Morgan fingerprint density at radius 3 is 1.23 bits per heavy atom. The fraction of sp³-hybridized carbons (Fsp3) is 0.824. The zero-order valence-corrected chi connectivity index (χ0v) is 25.6. The molecule has 204 valence electrons. The van der Waals surface area contributed by atoms with Gasteiger partial charge in [-0.2, -0.15) is 0 Å². The molecule has 35 heavy (non-hydrogen) atoms. The van der Waals surface area contributed by atoms with E-state index < -0.39 is 0 Å². The number of unbranched alkanes of at least 4 members (excludes halogenated alkanes) is 18. The first-order valence-corrected chi connectivity index (χ1v) is 17.6. The first-order valence-electron chi connectivity index (χ1n) is 16.1. The molecular formula is C34H63P. The van der Waals surface area contributed by atoms with E-state index in [2.05, 4.69) is 39.6 Å². The number of aryl methyl sites for hydroxylation is 1. The summed E-state index contributed by atoms with van der Waals surface area (Å²) in [6, 6.07) is 5.05. The van der Waals surface area contributed by atoms with E-state index >= 15 is 0 Å². The lowest BCUT2D eigenvalue weighted by Crippen LogP contribution is -2.12. The molecule has 0 aliphatic rings. The second kappa shape index (κ2) is 24.0. The molecule has 0 nitrogen and oxygen atoms in total. The predicted molar refractivity (Wildman–Crippen MR) is 165 cm³/mol. The minimum absolute atomic E-state index is 0.941. The Morgan fingerprint density at radius 2 is 0.800 bits per heavy atom. The van der Waals surface area contributed by atoms with Gasteiger partial charge in [-0.25, -0.2) is 0 Å².